The van der Waals surface area contributed by atoms with Crippen molar-refractivity contribution in [2.24, 2.45) is 5.10 Å². The lowest BCUT2D eigenvalue weighted by molar-refractivity contribution is -0.120. The van der Waals surface area contributed by atoms with Gasteiger partial charge in [0.25, 0.3) is 0 Å². The van der Waals surface area contributed by atoms with Crippen molar-refractivity contribution in [2.45, 2.75) is 6.42 Å². The minimum Gasteiger partial charge on any atom is -0.508 e. The molecule has 1 amide bonds. The summed E-state index contributed by atoms with van der Waals surface area (Å²) in [7, 11) is 0. The van der Waals surface area contributed by atoms with Gasteiger partial charge in [-0.2, -0.15) is 10.4 Å². The van der Waals surface area contributed by atoms with Crippen molar-refractivity contribution in [3.8, 4) is 11.8 Å². The molecule has 0 radical (unpaired) electrons. The SMILES string of the molecule is N#Cc1ccccc1C=NNC(=O)Cc1cccc(O)c1. The molecule has 5 heteroatoms. The van der Waals surface area contributed by atoms with E-state index in [1.54, 1.807) is 42.5 Å². The number of hydrazone groups is 1. The maximum absolute atomic E-state index is 11.7. The van der Waals surface area contributed by atoms with Gasteiger partial charge < -0.3 is 5.11 Å². The first-order valence-corrected chi connectivity index (χ1v) is 6.28. The van der Waals surface area contributed by atoms with Gasteiger partial charge in [-0.1, -0.05) is 30.3 Å². The van der Waals surface area contributed by atoms with Gasteiger partial charge in [0.05, 0.1) is 24.3 Å². The number of nitriles is 1. The standard InChI is InChI=1S/C16H13N3O2/c17-10-13-5-1-2-6-14(13)11-18-19-16(21)9-12-4-3-7-15(20)8-12/h1-8,11,20H,9H2,(H,19,21). The predicted molar refractivity (Wildman–Crippen MR) is 78.7 cm³/mol. The van der Waals surface area contributed by atoms with E-state index in [9.17, 15) is 9.90 Å². The summed E-state index contributed by atoms with van der Waals surface area (Å²) in [5.74, 6) is -0.182. The second kappa shape index (κ2) is 6.87. The van der Waals surface area contributed by atoms with Crippen LogP contribution in [0.3, 0.4) is 0 Å². The highest BCUT2D eigenvalue weighted by molar-refractivity contribution is 5.85. The second-order valence-corrected chi connectivity index (χ2v) is 4.34. The number of amides is 1. The first-order chi connectivity index (χ1) is 10.2. The third-order valence-corrected chi connectivity index (χ3v) is 2.75. The Morgan fingerprint density at radius 3 is 2.86 bits per heavy atom. The van der Waals surface area contributed by atoms with E-state index in [0.29, 0.717) is 16.7 Å². The van der Waals surface area contributed by atoms with E-state index >= 15 is 0 Å². The van der Waals surface area contributed by atoms with Gasteiger partial charge in [0.2, 0.25) is 5.91 Å². The number of nitrogens with zero attached hydrogens (tertiary/aromatic N) is 2. The highest BCUT2D eigenvalue weighted by atomic mass is 16.3. The Bertz CT molecular complexity index is 717. The topological polar surface area (TPSA) is 85.5 Å². The molecule has 0 unspecified atom stereocenters. The fraction of sp³-hybridized carbons (Fsp3) is 0.0625. The summed E-state index contributed by atoms with van der Waals surface area (Å²) in [5.41, 5.74) is 4.21. The number of hydrogen-bond donors (Lipinski definition) is 2. The van der Waals surface area contributed by atoms with Gasteiger partial charge in [-0.05, 0) is 23.8 Å². The van der Waals surface area contributed by atoms with Crippen LogP contribution in [0.2, 0.25) is 0 Å². The minimum absolute atomic E-state index is 0.117. The van der Waals surface area contributed by atoms with Gasteiger partial charge in [-0.3, -0.25) is 4.79 Å². The quantitative estimate of drug-likeness (QED) is 0.662. The van der Waals surface area contributed by atoms with Crippen LogP contribution in [-0.2, 0) is 11.2 Å². The van der Waals surface area contributed by atoms with Gasteiger partial charge in [0, 0.05) is 5.56 Å². The third-order valence-electron chi connectivity index (χ3n) is 2.75. The summed E-state index contributed by atoms with van der Waals surface area (Å²) in [6.45, 7) is 0. The number of hydrogen-bond acceptors (Lipinski definition) is 4. The number of phenols is 1. The van der Waals surface area contributed by atoms with Crippen LogP contribution in [0.1, 0.15) is 16.7 Å². The Morgan fingerprint density at radius 2 is 2.10 bits per heavy atom. The van der Waals surface area contributed by atoms with Crippen LogP contribution >= 0.6 is 0 Å². The van der Waals surface area contributed by atoms with Crippen LogP contribution in [0.15, 0.2) is 53.6 Å². The average Bonchev–Trinajstić information content (AvgIpc) is 2.47. The molecule has 0 spiro atoms. The summed E-state index contributed by atoms with van der Waals surface area (Å²) in [6.07, 6.45) is 1.55. The number of rotatable bonds is 4. The van der Waals surface area contributed by atoms with E-state index in [4.69, 9.17) is 5.26 Å². The molecule has 5 nitrogen and oxygen atoms in total. The van der Waals surface area contributed by atoms with Crippen molar-refractivity contribution < 1.29 is 9.90 Å². The molecule has 0 aliphatic heterocycles. The molecule has 21 heavy (non-hydrogen) atoms. The van der Waals surface area contributed by atoms with E-state index in [-0.39, 0.29) is 18.1 Å². The molecule has 0 saturated carbocycles. The zero-order chi connectivity index (χ0) is 15.1. The number of carbonyl (C=O) groups is 1. The molecule has 0 fully saturated rings. The summed E-state index contributed by atoms with van der Waals surface area (Å²) in [4.78, 5) is 11.7. The van der Waals surface area contributed by atoms with Crippen molar-refractivity contribution in [3.63, 3.8) is 0 Å². The van der Waals surface area contributed by atoms with Crippen LogP contribution < -0.4 is 5.43 Å². The zero-order valence-electron chi connectivity index (χ0n) is 11.2. The molecule has 0 aliphatic carbocycles. The summed E-state index contributed by atoms with van der Waals surface area (Å²) >= 11 is 0. The molecule has 0 aliphatic rings. The number of nitrogens with one attached hydrogen (secondary N) is 1. The maximum atomic E-state index is 11.7. The van der Waals surface area contributed by atoms with E-state index in [1.165, 1.54) is 12.3 Å². The number of phenolic OH excluding ortho intramolecular Hbond substituents is 1. The van der Waals surface area contributed by atoms with E-state index in [2.05, 4.69) is 10.5 Å². The number of carbonyl (C=O) groups excluding carboxylic acids is 1. The lowest BCUT2D eigenvalue weighted by atomic mass is 10.1. The van der Waals surface area contributed by atoms with E-state index < -0.39 is 0 Å². The second-order valence-electron chi connectivity index (χ2n) is 4.34. The summed E-state index contributed by atoms with van der Waals surface area (Å²) in [5, 5.41) is 22.1. The Morgan fingerprint density at radius 1 is 1.29 bits per heavy atom. The van der Waals surface area contributed by atoms with Gasteiger partial charge in [0.15, 0.2) is 0 Å². The molecule has 0 atom stereocenters. The lowest BCUT2D eigenvalue weighted by Gasteiger charge is -2.01. The molecule has 2 aromatic carbocycles. The molecule has 2 aromatic rings. The van der Waals surface area contributed by atoms with Gasteiger partial charge in [-0.15, -0.1) is 0 Å². The molecule has 104 valence electrons. The summed E-state index contributed by atoms with van der Waals surface area (Å²) in [6, 6.07) is 15.5. The highest BCUT2D eigenvalue weighted by Crippen LogP contribution is 2.11. The van der Waals surface area contributed by atoms with E-state index in [1.807, 2.05) is 6.07 Å². The van der Waals surface area contributed by atoms with Crippen LogP contribution in [0.4, 0.5) is 0 Å². The molecule has 2 rings (SSSR count). The van der Waals surface area contributed by atoms with E-state index in [0.717, 1.165) is 0 Å². The monoisotopic (exact) mass is 279 g/mol. The molecule has 0 aromatic heterocycles. The summed E-state index contributed by atoms with van der Waals surface area (Å²) < 4.78 is 0. The first-order valence-electron chi connectivity index (χ1n) is 6.28. The molecule has 0 heterocycles. The number of aromatic hydroxyl groups is 1. The Labute approximate surface area is 122 Å². The fourth-order valence-electron chi connectivity index (χ4n) is 1.78. The van der Waals surface area contributed by atoms with Crippen LogP contribution in [0.5, 0.6) is 5.75 Å². The van der Waals surface area contributed by atoms with Crippen LogP contribution in [0, 0.1) is 11.3 Å². The van der Waals surface area contributed by atoms with Crippen molar-refractivity contribution in [2.75, 3.05) is 0 Å². The molecular formula is C16H13N3O2. The van der Waals surface area contributed by atoms with Crippen LogP contribution in [0.25, 0.3) is 0 Å². The van der Waals surface area contributed by atoms with Crippen molar-refractivity contribution in [1.29, 1.82) is 5.26 Å². The van der Waals surface area contributed by atoms with Gasteiger partial charge >= 0.3 is 0 Å². The Hall–Kier alpha value is -3.13. The highest BCUT2D eigenvalue weighted by Gasteiger charge is 2.03. The van der Waals surface area contributed by atoms with Crippen molar-refractivity contribution in [1.82, 2.24) is 5.43 Å². The maximum Gasteiger partial charge on any atom is 0.244 e. The third kappa shape index (κ3) is 4.18. The molecular weight excluding hydrogens is 266 g/mol. The molecule has 0 bridgehead atoms. The van der Waals surface area contributed by atoms with Gasteiger partial charge in [0.1, 0.15) is 5.75 Å². The Balaban J connectivity index is 1.95. The Kier molecular flexibility index (Phi) is 4.67. The largest absolute Gasteiger partial charge is 0.508 e. The van der Waals surface area contributed by atoms with Crippen LogP contribution in [-0.4, -0.2) is 17.2 Å². The normalized spacial score (nSPS) is 10.2. The fourth-order valence-corrected chi connectivity index (χ4v) is 1.78. The van der Waals surface area contributed by atoms with Crippen molar-refractivity contribution >= 4 is 12.1 Å². The molecule has 2 N–H and O–H groups in total. The molecule has 0 saturated heterocycles. The van der Waals surface area contributed by atoms with Gasteiger partial charge in [-0.25, -0.2) is 5.43 Å². The number of benzene rings is 2. The first kappa shape index (κ1) is 14.3. The smallest absolute Gasteiger partial charge is 0.244 e. The predicted octanol–water partition coefficient (Wildman–Crippen LogP) is 1.96. The van der Waals surface area contributed by atoms with Crippen molar-refractivity contribution in [3.05, 3.63) is 65.2 Å². The lowest BCUT2D eigenvalue weighted by Crippen LogP contribution is -2.19. The zero-order valence-corrected chi connectivity index (χ0v) is 11.2. The average molecular weight is 279 g/mol. The minimum atomic E-state index is -0.300.